The van der Waals surface area contributed by atoms with Gasteiger partial charge in [-0.15, -0.1) is 12.4 Å². The molecule has 2 atom stereocenters. The monoisotopic (exact) mass is 179 g/mol. The zero-order valence-corrected chi connectivity index (χ0v) is 7.23. The molecule has 2 heterocycles. The Balaban J connectivity index is 0.000000605. The first kappa shape index (κ1) is 9.26. The van der Waals surface area contributed by atoms with E-state index in [1.165, 1.54) is 0 Å². The van der Waals surface area contributed by atoms with Crippen LogP contribution in [0.4, 0.5) is 0 Å². The van der Waals surface area contributed by atoms with Crippen molar-refractivity contribution in [1.29, 1.82) is 0 Å². The minimum atomic E-state index is 0. The Morgan fingerprint density at radius 1 is 1.27 bits per heavy atom. The number of fused-ring (bicyclic) bond motifs is 1. The van der Waals surface area contributed by atoms with E-state index in [9.17, 15) is 0 Å². The molecule has 2 saturated heterocycles. The molecule has 0 aliphatic carbocycles. The third-order valence-corrected chi connectivity index (χ3v) is 2.14. The van der Waals surface area contributed by atoms with E-state index in [0.29, 0.717) is 12.1 Å². The zero-order valence-electron chi connectivity index (χ0n) is 6.41. The van der Waals surface area contributed by atoms with Crippen molar-refractivity contribution in [3.05, 3.63) is 0 Å². The Kier molecular flexibility index (Phi) is 3.59. The van der Waals surface area contributed by atoms with Gasteiger partial charge in [0.05, 0.1) is 19.3 Å². The summed E-state index contributed by atoms with van der Waals surface area (Å²) in [6.45, 7) is 3.50. The lowest BCUT2D eigenvalue weighted by Crippen LogP contribution is -2.53. The fourth-order valence-corrected chi connectivity index (χ4v) is 1.56. The molecule has 4 heteroatoms. The first-order chi connectivity index (χ1) is 4.97. The van der Waals surface area contributed by atoms with Gasteiger partial charge in [-0.3, -0.25) is 0 Å². The fourth-order valence-electron chi connectivity index (χ4n) is 1.56. The highest BCUT2D eigenvalue weighted by atomic mass is 35.5. The van der Waals surface area contributed by atoms with Crippen molar-refractivity contribution < 1.29 is 9.47 Å². The lowest BCUT2D eigenvalue weighted by molar-refractivity contribution is -0.0884. The molecule has 0 bridgehead atoms. The molecule has 0 unspecified atom stereocenters. The Morgan fingerprint density at radius 3 is 3.00 bits per heavy atom. The Labute approximate surface area is 72.8 Å². The summed E-state index contributed by atoms with van der Waals surface area (Å²) < 4.78 is 10.8. The molecule has 2 aliphatic heterocycles. The molecule has 2 aliphatic rings. The molecule has 0 aromatic rings. The zero-order chi connectivity index (χ0) is 6.81. The molecule has 66 valence electrons. The van der Waals surface area contributed by atoms with Crippen molar-refractivity contribution in [1.82, 2.24) is 5.32 Å². The summed E-state index contributed by atoms with van der Waals surface area (Å²) >= 11 is 0. The van der Waals surface area contributed by atoms with Crippen molar-refractivity contribution in [2.24, 2.45) is 0 Å². The second-order valence-electron chi connectivity index (χ2n) is 2.83. The lowest BCUT2D eigenvalue weighted by Gasteiger charge is -2.35. The first-order valence-electron chi connectivity index (χ1n) is 3.89. The molecule has 0 spiro atoms. The van der Waals surface area contributed by atoms with E-state index in [1.54, 1.807) is 0 Å². The third kappa shape index (κ3) is 2.06. The highest BCUT2D eigenvalue weighted by molar-refractivity contribution is 5.85. The number of hydrogen-bond donors (Lipinski definition) is 1. The van der Waals surface area contributed by atoms with Crippen molar-refractivity contribution in [3.8, 4) is 0 Å². The van der Waals surface area contributed by atoms with E-state index in [1.807, 2.05) is 0 Å². The fraction of sp³-hybridized carbons (Fsp3) is 1.00. The summed E-state index contributed by atoms with van der Waals surface area (Å²) in [5.74, 6) is 0. The summed E-state index contributed by atoms with van der Waals surface area (Å²) in [4.78, 5) is 0. The second kappa shape index (κ2) is 4.26. The number of ether oxygens (including phenoxy) is 2. The number of hydrogen-bond acceptors (Lipinski definition) is 3. The normalized spacial score (nSPS) is 37.1. The number of morpholine rings is 1. The SMILES string of the molecule is C1CO[C@@H]2COCC[C@@H]2N1.Cl. The van der Waals surface area contributed by atoms with E-state index < -0.39 is 0 Å². The van der Waals surface area contributed by atoms with E-state index in [2.05, 4.69) is 5.32 Å². The van der Waals surface area contributed by atoms with Crippen LogP contribution in [0.1, 0.15) is 6.42 Å². The molecule has 0 saturated carbocycles. The van der Waals surface area contributed by atoms with Crippen molar-refractivity contribution in [3.63, 3.8) is 0 Å². The third-order valence-electron chi connectivity index (χ3n) is 2.14. The van der Waals surface area contributed by atoms with E-state index in [0.717, 1.165) is 32.8 Å². The summed E-state index contributed by atoms with van der Waals surface area (Å²) in [7, 11) is 0. The highest BCUT2D eigenvalue weighted by Crippen LogP contribution is 2.13. The first-order valence-corrected chi connectivity index (χ1v) is 3.89. The smallest absolute Gasteiger partial charge is 0.0962 e. The largest absolute Gasteiger partial charge is 0.379 e. The van der Waals surface area contributed by atoms with Gasteiger partial charge in [-0.2, -0.15) is 0 Å². The van der Waals surface area contributed by atoms with Crippen LogP contribution in [0.25, 0.3) is 0 Å². The van der Waals surface area contributed by atoms with Crippen LogP contribution >= 0.6 is 12.4 Å². The van der Waals surface area contributed by atoms with Gasteiger partial charge in [0, 0.05) is 19.2 Å². The van der Waals surface area contributed by atoms with Gasteiger partial charge in [0.15, 0.2) is 0 Å². The predicted molar refractivity (Wildman–Crippen MR) is 44.2 cm³/mol. The van der Waals surface area contributed by atoms with Crippen LogP contribution in [-0.4, -0.2) is 38.5 Å². The standard InChI is InChI=1S/C7H13NO2.ClH/c1-3-9-5-7-6(1)8-2-4-10-7;/h6-8H,1-5H2;1H/t6-,7+;/m0./s1. The summed E-state index contributed by atoms with van der Waals surface area (Å²) in [5.41, 5.74) is 0. The molecule has 0 aromatic carbocycles. The summed E-state index contributed by atoms with van der Waals surface area (Å²) in [6.07, 6.45) is 1.42. The minimum Gasteiger partial charge on any atom is -0.379 e. The van der Waals surface area contributed by atoms with Crippen LogP contribution < -0.4 is 5.32 Å². The molecule has 0 radical (unpaired) electrons. The van der Waals surface area contributed by atoms with Crippen LogP contribution in [0.2, 0.25) is 0 Å². The predicted octanol–water partition coefficient (Wildman–Crippen LogP) is 0.185. The van der Waals surface area contributed by atoms with Gasteiger partial charge in [-0.05, 0) is 6.42 Å². The van der Waals surface area contributed by atoms with Gasteiger partial charge in [-0.25, -0.2) is 0 Å². The van der Waals surface area contributed by atoms with Gasteiger partial charge in [0.2, 0.25) is 0 Å². The van der Waals surface area contributed by atoms with E-state index in [4.69, 9.17) is 9.47 Å². The maximum Gasteiger partial charge on any atom is 0.0962 e. The van der Waals surface area contributed by atoms with Crippen molar-refractivity contribution in [2.45, 2.75) is 18.6 Å². The molecular formula is C7H14ClNO2. The van der Waals surface area contributed by atoms with Gasteiger partial charge in [0.25, 0.3) is 0 Å². The molecule has 11 heavy (non-hydrogen) atoms. The number of rotatable bonds is 0. The Morgan fingerprint density at radius 2 is 2.18 bits per heavy atom. The molecule has 0 amide bonds. The van der Waals surface area contributed by atoms with Crippen molar-refractivity contribution >= 4 is 12.4 Å². The second-order valence-corrected chi connectivity index (χ2v) is 2.83. The Hall–Kier alpha value is 0.170. The Bertz CT molecular complexity index is 97.0. The maximum atomic E-state index is 5.49. The average molecular weight is 180 g/mol. The quantitative estimate of drug-likeness (QED) is 0.576. The van der Waals surface area contributed by atoms with Gasteiger partial charge in [-0.1, -0.05) is 0 Å². The van der Waals surface area contributed by atoms with Crippen molar-refractivity contribution in [2.75, 3.05) is 26.4 Å². The van der Waals surface area contributed by atoms with E-state index >= 15 is 0 Å². The minimum absolute atomic E-state index is 0. The summed E-state index contributed by atoms with van der Waals surface area (Å²) in [6, 6.07) is 0.558. The van der Waals surface area contributed by atoms with Crippen LogP contribution in [-0.2, 0) is 9.47 Å². The van der Waals surface area contributed by atoms with Crippen LogP contribution in [0, 0.1) is 0 Å². The average Bonchev–Trinajstić information content (AvgIpc) is 2.05. The molecular weight excluding hydrogens is 166 g/mol. The van der Waals surface area contributed by atoms with E-state index in [-0.39, 0.29) is 12.4 Å². The number of nitrogens with one attached hydrogen (secondary N) is 1. The molecule has 0 aromatic heterocycles. The maximum absolute atomic E-state index is 5.49. The molecule has 1 N–H and O–H groups in total. The van der Waals surface area contributed by atoms with Crippen LogP contribution in [0.5, 0.6) is 0 Å². The van der Waals surface area contributed by atoms with Gasteiger partial charge >= 0.3 is 0 Å². The lowest BCUT2D eigenvalue weighted by atomic mass is 10.1. The topological polar surface area (TPSA) is 30.5 Å². The van der Waals surface area contributed by atoms with Gasteiger partial charge in [0.1, 0.15) is 0 Å². The molecule has 3 nitrogen and oxygen atoms in total. The van der Waals surface area contributed by atoms with Crippen LogP contribution in [0.15, 0.2) is 0 Å². The number of halogens is 1. The molecule has 2 rings (SSSR count). The highest BCUT2D eigenvalue weighted by Gasteiger charge is 2.28. The van der Waals surface area contributed by atoms with Gasteiger partial charge < -0.3 is 14.8 Å². The molecule has 2 fully saturated rings. The summed E-state index contributed by atoms with van der Waals surface area (Å²) in [5, 5.41) is 3.42. The van der Waals surface area contributed by atoms with Crippen LogP contribution in [0.3, 0.4) is 0 Å².